The molecule has 1 aromatic carbocycles. The van der Waals surface area contributed by atoms with Gasteiger partial charge >= 0.3 is 0 Å². The van der Waals surface area contributed by atoms with Gasteiger partial charge < -0.3 is 10.6 Å². The molecule has 1 fully saturated rings. The number of hydrogen-bond donors (Lipinski definition) is 2. The molecule has 0 bridgehead atoms. The lowest BCUT2D eigenvalue weighted by Gasteiger charge is -2.17. The molecule has 0 aliphatic carbocycles. The van der Waals surface area contributed by atoms with Crippen LogP contribution in [0.25, 0.3) is 0 Å². The van der Waals surface area contributed by atoms with E-state index in [1.54, 1.807) is 0 Å². The zero-order chi connectivity index (χ0) is 13.8. The molecule has 5 heteroatoms. The maximum Gasteiger partial charge on any atom is 0.224 e. The van der Waals surface area contributed by atoms with E-state index in [0.717, 1.165) is 25.1 Å². The summed E-state index contributed by atoms with van der Waals surface area (Å²) >= 11 is 12.3. The second-order valence-corrected chi connectivity index (χ2v) is 5.79. The van der Waals surface area contributed by atoms with Gasteiger partial charge in [0.2, 0.25) is 5.91 Å². The van der Waals surface area contributed by atoms with Gasteiger partial charge in [0, 0.05) is 29.1 Å². The van der Waals surface area contributed by atoms with E-state index < -0.39 is 0 Å². The van der Waals surface area contributed by atoms with Gasteiger partial charge in [-0.05, 0) is 30.7 Å². The summed E-state index contributed by atoms with van der Waals surface area (Å²) in [7, 11) is 0. The molecule has 104 valence electrons. The molecule has 19 heavy (non-hydrogen) atoms. The lowest BCUT2D eigenvalue weighted by molar-refractivity contribution is -0.124. The number of amides is 1. The summed E-state index contributed by atoms with van der Waals surface area (Å²) in [6, 6.07) is 5.47. The van der Waals surface area contributed by atoms with Gasteiger partial charge in [0.15, 0.2) is 0 Å². The number of halogens is 2. The molecule has 1 amide bonds. The van der Waals surface area contributed by atoms with Crippen molar-refractivity contribution in [2.75, 3.05) is 19.6 Å². The Balaban J connectivity index is 1.93. The Morgan fingerprint density at radius 2 is 2.16 bits per heavy atom. The van der Waals surface area contributed by atoms with E-state index in [1.165, 1.54) is 0 Å². The fourth-order valence-corrected chi connectivity index (χ4v) is 3.13. The van der Waals surface area contributed by atoms with E-state index in [1.807, 2.05) is 25.1 Å². The first-order chi connectivity index (χ1) is 9.09. The van der Waals surface area contributed by atoms with Crippen LogP contribution >= 0.6 is 23.2 Å². The molecule has 1 aliphatic heterocycles. The Morgan fingerprint density at radius 1 is 1.47 bits per heavy atom. The van der Waals surface area contributed by atoms with Gasteiger partial charge in [0.1, 0.15) is 0 Å². The summed E-state index contributed by atoms with van der Waals surface area (Å²) in [5.74, 6) is 0.299. The summed E-state index contributed by atoms with van der Waals surface area (Å²) < 4.78 is 0. The van der Waals surface area contributed by atoms with Crippen LogP contribution < -0.4 is 10.6 Å². The van der Waals surface area contributed by atoms with Gasteiger partial charge in [-0.25, -0.2) is 0 Å². The van der Waals surface area contributed by atoms with Crippen LogP contribution in [0, 0.1) is 5.92 Å². The minimum absolute atomic E-state index is 0.0916. The Labute approximate surface area is 123 Å². The predicted octanol–water partition coefficient (Wildman–Crippen LogP) is 2.82. The quantitative estimate of drug-likeness (QED) is 0.898. The van der Waals surface area contributed by atoms with Gasteiger partial charge in [-0.2, -0.15) is 0 Å². The summed E-state index contributed by atoms with van der Waals surface area (Å²) in [6.07, 6.45) is 0.910. The summed E-state index contributed by atoms with van der Waals surface area (Å²) in [4.78, 5) is 11.9. The van der Waals surface area contributed by atoms with Crippen LogP contribution in [0.1, 0.15) is 24.8 Å². The van der Waals surface area contributed by atoms with E-state index >= 15 is 0 Å². The highest BCUT2D eigenvalue weighted by Crippen LogP contribution is 2.30. The number of benzene rings is 1. The lowest BCUT2D eigenvalue weighted by atomic mass is 10.0. The maximum absolute atomic E-state index is 11.9. The van der Waals surface area contributed by atoms with Crippen molar-refractivity contribution in [1.82, 2.24) is 10.6 Å². The predicted molar refractivity (Wildman–Crippen MR) is 78.9 cm³/mol. The molecule has 0 saturated carbocycles. The first-order valence-corrected chi connectivity index (χ1v) is 7.27. The third-order valence-electron chi connectivity index (χ3n) is 3.51. The Morgan fingerprint density at radius 3 is 2.74 bits per heavy atom. The van der Waals surface area contributed by atoms with E-state index in [9.17, 15) is 4.79 Å². The molecule has 0 radical (unpaired) electrons. The lowest BCUT2D eigenvalue weighted by Crippen LogP contribution is -2.34. The monoisotopic (exact) mass is 300 g/mol. The smallest absolute Gasteiger partial charge is 0.224 e. The molecule has 2 N–H and O–H groups in total. The first-order valence-electron chi connectivity index (χ1n) is 6.52. The Kier molecular flexibility index (Phi) is 5.08. The fraction of sp³-hybridized carbons (Fsp3) is 0.500. The van der Waals surface area contributed by atoms with Crippen molar-refractivity contribution in [3.63, 3.8) is 0 Å². The van der Waals surface area contributed by atoms with E-state index in [2.05, 4.69) is 10.6 Å². The molecule has 1 aliphatic rings. The molecule has 1 heterocycles. The average Bonchev–Trinajstić information content (AvgIpc) is 2.89. The van der Waals surface area contributed by atoms with Crippen molar-refractivity contribution in [1.29, 1.82) is 0 Å². The van der Waals surface area contributed by atoms with Crippen molar-refractivity contribution < 1.29 is 4.79 Å². The van der Waals surface area contributed by atoms with Crippen molar-refractivity contribution in [2.24, 2.45) is 5.92 Å². The SMILES string of the molecule is CC(CNC(=O)C1CCNC1)c1c(Cl)cccc1Cl. The van der Waals surface area contributed by atoms with Gasteiger partial charge in [-0.3, -0.25) is 4.79 Å². The summed E-state index contributed by atoms with van der Waals surface area (Å²) in [5, 5.41) is 7.47. The highest BCUT2D eigenvalue weighted by atomic mass is 35.5. The van der Waals surface area contributed by atoms with Crippen LogP contribution in [0.15, 0.2) is 18.2 Å². The summed E-state index contributed by atoms with van der Waals surface area (Å²) in [6.45, 7) is 4.26. The number of hydrogen-bond acceptors (Lipinski definition) is 2. The number of rotatable bonds is 4. The van der Waals surface area contributed by atoms with Gasteiger partial charge in [0.25, 0.3) is 0 Å². The molecule has 1 saturated heterocycles. The Bertz CT molecular complexity index is 439. The van der Waals surface area contributed by atoms with Crippen LogP contribution in [-0.4, -0.2) is 25.5 Å². The van der Waals surface area contributed by atoms with Crippen LogP contribution in [0.4, 0.5) is 0 Å². The third-order valence-corrected chi connectivity index (χ3v) is 4.17. The highest BCUT2D eigenvalue weighted by molar-refractivity contribution is 6.36. The molecule has 2 rings (SSSR count). The van der Waals surface area contributed by atoms with Crippen LogP contribution in [0.2, 0.25) is 10.0 Å². The molecular formula is C14H18Cl2N2O. The van der Waals surface area contributed by atoms with Crippen LogP contribution in [0.3, 0.4) is 0 Å². The van der Waals surface area contributed by atoms with Crippen LogP contribution in [0.5, 0.6) is 0 Å². The second kappa shape index (κ2) is 6.60. The van der Waals surface area contributed by atoms with Crippen molar-refractivity contribution in [2.45, 2.75) is 19.3 Å². The van der Waals surface area contributed by atoms with Gasteiger partial charge in [-0.1, -0.05) is 36.2 Å². The van der Waals surface area contributed by atoms with Gasteiger partial charge in [-0.15, -0.1) is 0 Å². The zero-order valence-electron chi connectivity index (χ0n) is 10.9. The van der Waals surface area contributed by atoms with E-state index in [0.29, 0.717) is 16.6 Å². The third kappa shape index (κ3) is 3.62. The molecular weight excluding hydrogens is 283 g/mol. The standard InChI is InChI=1S/C14H18Cl2N2O/c1-9(13-11(15)3-2-4-12(13)16)7-18-14(19)10-5-6-17-8-10/h2-4,9-10,17H,5-8H2,1H3,(H,18,19). The minimum atomic E-state index is 0.0916. The average molecular weight is 301 g/mol. The molecule has 2 unspecified atom stereocenters. The number of carbonyl (C=O) groups is 1. The minimum Gasteiger partial charge on any atom is -0.355 e. The zero-order valence-corrected chi connectivity index (χ0v) is 12.4. The first kappa shape index (κ1) is 14.6. The molecule has 0 spiro atoms. The van der Waals surface area contributed by atoms with E-state index in [4.69, 9.17) is 23.2 Å². The molecule has 1 aromatic rings. The molecule has 3 nitrogen and oxygen atoms in total. The van der Waals surface area contributed by atoms with Crippen LogP contribution in [-0.2, 0) is 4.79 Å². The fourth-order valence-electron chi connectivity index (χ4n) is 2.36. The van der Waals surface area contributed by atoms with E-state index in [-0.39, 0.29) is 17.7 Å². The van der Waals surface area contributed by atoms with Gasteiger partial charge in [0.05, 0.1) is 5.92 Å². The second-order valence-electron chi connectivity index (χ2n) is 4.97. The number of carbonyl (C=O) groups excluding carboxylic acids is 1. The number of nitrogens with one attached hydrogen (secondary N) is 2. The van der Waals surface area contributed by atoms with Crippen molar-refractivity contribution >= 4 is 29.1 Å². The molecule has 2 atom stereocenters. The Hall–Kier alpha value is -0.770. The molecule has 0 aromatic heterocycles. The highest BCUT2D eigenvalue weighted by Gasteiger charge is 2.23. The topological polar surface area (TPSA) is 41.1 Å². The maximum atomic E-state index is 11.9. The van der Waals surface area contributed by atoms with Crippen molar-refractivity contribution in [3.8, 4) is 0 Å². The normalized spacial score (nSPS) is 20.3. The summed E-state index contributed by atoms with van der Waals surface area (Å²) in [5.41, 5.74) is 0.899. The van der Waals surface area contributed by atoms with Crippen molar-refractivity contribution in [3.05, 3.63) is 33.8 Å². The largest absolute Gasteiger partial charge is 0.355 e.